The van der Waals surface area contributed by atoms with Crippen molar-refractivity contribution in [2.45, 2.75) is 6.42 Å². The van der Waals surface area contributed by atoms with Crippen LogP contribution in [0.3, 0.4) is 0 Å². The monoisotopic (exact) mass is 422 g/mol. The molecule has 1 atom stereocenters. The number of nitrogens with zero attached hydrogens (tertiary/aromatic N) is 2. The van der Waals surface area contributed by atoms with Gasteiger partial charge in [0.05, 0.1) is 22.6 Å². The third-order valence-corrected chi connectivity index (χ3v) is 5.78. The molecule has 1 saturated heterocycles. The number of halogens is 2. The molecule has 0 radical (unpaired) electrons. The Morgan fingerprint density at radius 3 is 2.50 bits per heavy atom. The summed E-state index contributed by atoms with van der Waals surface area (Å²) in [5, 5.41) is 0. The van der Waals surface area contributed by atoms with Gasteiger partial charge >= 0.3 is 37.2 Å². The normalized spacial score (nSPS) is 22.7. The van der Waals surface area contributed by atoms with Crippen molar-refractivity contribution < 1.29 is 51.6 Å². The Hall–Kier alpha value is 1.66. The van der Waals surface area contributed by atoms with Gasteiger partial charge in [0.2, 0.25) is 0 Å². The number of alkyl halides is 2. The molecule has 1 aliphatic heterocycles. The predicted octanol–water partition coefficient (Wildman–Crippen LogP) is -1.17. The molecule has 0 spiro atoms. The molecule has 0 saturated carbocycles. The Balaban J connectivity index is 0. The third kappa shape index (κ3) is 12.1. The van der Waals surface area contributed by atoms with Crippen LogP contribution in [-0.2, 0) is 19.2 Å². The van der Waals surface area contributed by atoms with Crippen LogP contribution in [0.4, 0.5) is 0 Å². The second kappa shape index (κ2) is 13.9. The first kappa shape index (κ1) is 25.9. The molecule has 0 aromatic heterocycles. The second-order valence-corrected chi connectivity index (χ2v) is 8.45. The van der Waals surface area contributed by atoms with E-state index in [2.05, 4.69) is 17.4 Å². The molecule has 0 aromatic carbocycles. The van der Waals surface area contributed by atoms with E-state index in [-0.39, 0.29) is 46.9 Å². The zero-order valence-electron chi connectivity index (χ0n) is 12.2. The number of hydrogen-bond donors (Lipinski definition) is 1. The minimum Gasteiger partial charge on any atom is -0.748 e. The van der Waals surface area contributed by atoms with E-state index in [0.29, 0.717) is 25.6 Å². The summed E-state index contributed by atoms with van der Waals surface area (Å²) in [6.45, 7) is 1.72. The van der Waals surface area contributed by atoms with Crippen LogP contribution in [-0.4, -0.2) is 66.8 Å². The Morgan fingerprint density at radius 2 is 2.09 bits per heavy atom. The van der Waals surface area contributed by atoms with Crippen molar-refractivity contribution in [2.75, 3.05) is 43.0 Å². The SMILES string of the molecule is O=P1(N=CCCl)OCCCN1CCCl.O=S(=O)([O-])CCS.[Na+]. The summed E-state index contributed by atoms with van der Waals surface area (Å²) in [5.74, 6) is 0.383. The molecule has 126 valence electrons. The first-order valence-electron chi connectivity index (χ1n) is 5.99. The van der Waals surface area contributed by atoms with Crippen LogP contribution < -0.4 is 29.6 Å². The average molecular weight is 423 g/mol. The minimum atomic E-state index is -4.00. The predicted molar refractivity (Wildman–Crippen MR) is 88.1 cm³/mol. The molecule has 0 amide bonds. The Bertz CT molecular complexity index is 467. The van der Waals surface area contributed by atoms with Crippen LogP contribution in [0.15, 0.2) is 4.76 Å². The Labute approximate surface area is 169 Å². The van der Waals surface area contributed by atoms with Gasteiger partial charge in [0.15, 0.2) is 0 Å². The van der Waals surface area contributed by atoms with Gasteiger partial charge in [-0.25, -0.2) is 22.4 Å². The van der Waals surface area contributed by atoms with Crippen LogP contribution in [0.5, 0.6) is 0 Å². The van der Waals surface area contributed by atoms with Gasteiger partial charge in [0.1, 0.15) is 0 Å². The fourth-order valence-corrected chi connectivity index (χ4v) is 4.49. The van der Waals surface area contributed by atoms with E-state index in [4.69, 9.17) is 27.7 Å². The van der Waals surface area contributed by atoms with E-state index in [0.717, 1.165) is 6.42 Å². The fraction of sp³-hybridized carbons (Fsp3) is 0.889. The molecule has 1 fully saturated rings. The minimum absolute atomic E-state index is 0. The smallest absolute Gasteiger partial charge is 0.748 e. The van der Waals surface area contributed by atoms with Crippen molar-refractivity contribution in [2.24, 2.45) is 4.76 Å². The number of rotatable bonds is 6. The maximum Gasteiger partial charge on any atom is 1.00 e. The van der Waals surface area contributed by atoms with E-state index in [1.165, 1.54) is 6.21 Å². The molecule has 1 heterocycles. The van der Waals surface area contributed by atoms with Gasteiger partial charge in [0.25, 0.3) is 0 Å². The van der Waals surface area contributed by atoms with Crippen LogP contribution in [0.2, 0.25) is 0 Å². The van der Waals surface area contributed by atoms with Crippen LogP contribution in [0, 0.1) is 0 Å². The van der Waals surface area contributed by atoms with Gasteiger partial charge in [-0.2, -0.15) is 12.6 Å². The maximum atomic E-state index is 12.1. The van der Waals surface area contributed by atoms with Crippen LogP contribution in [0.25, 0.3) is 0 Å². The molecule has 0 aliphatic carbocycles. The Morgan fingerprint density at radius 1 is 1.45 bits per heavy atom. The van der Waals surface area contributed by atoms with Gasteiger partial charge in [-0.3, -0.25) is 0 Å². The Kier molecular flexibility index (Phi) is 16.4. The molecule has 0 bridgehead atoms. The number of thiol groups is 1. The summed E-state index contributed by atoms with van der Waals surface area (Å²) in [7, 11) is -7.02. The largest absolute Gasteiger partial charge is 1.00 e. The van der Waals surface area contributed by atoms with E-state index in [1.807, 2.05) is 0 Å². The molecular formula is C9H18Cl2N2NaO5PS2. The second-order valence-electron chi connectivity index (χ2n) is 3.76. The summed E-state index contributed by atoms with van der Waals surface area (Å²) < 4.78 is 51.7. The van der Waals surface area contributed by atoms with Gasteiger partial charge in [0, 0.05) is 36.7 Å². The van der Waals surface area contributed by atoms with Crippen LogP contribution >= 0.6 is 43.5 Å². The number of hydrogen-bond acceptors (Lipinski definition) is 6. The van der Waals surface area contributed by atoms with Crippen molar-refractivity contribution in [3.05, 3.63) is 0 Å². The van der Waals surface area contributed by atoms with Crippen molar-refractivity contribution in [3.8, 4) is 0 Å². The zero-order valence-corrected chi connectivity index (χ0v) is 18.3. The zero-order chi connectivity index (χ0) is 16.4. The molecule has 13 heteroatoms. The standard InChI is InChI=1S/C7H13Cl2N2O2P.C2H6O3S2.Na/c8-2-4-10-14(12)11(6-3-9)5-1-7-13-14;3-7(4,5)2-1-6;/h4H,1-3,5-7H2;6H,1-2H2,(H,3,4,5);/q;;+1/p-1. The first-order chi connectivity index (χ1) is 9.79. The summed E-state index contributed by atoms with van der Waals surface area (Å²) >= 11 is 14.6. The summed E-state index contributed by atoms with van der Waals surface area (Å²) in [6, 6.07) is 0. The van der Waals surface area contributed by atoms with E-state index < -0.39 is 17.8 Å². The maximum absolute atomic E-state index is 12.1. The van der Waals surface area contributed by atoms with Gasteiger partial charge < -0.3 is 9.08 Å². The van der Waals surface area contributed by atoms with Gasteiger partial charge in [-0.1, -0.05) is 0 Å². The van der Waals surface area contributed by atoms with Crippen molar-refractivity contribution in [1.29, 1.82) is 0 Å². The first-order valence-corrected chi connectivity index (χ1v) is 10.8. The molecule has 0 aromatic rings. The molecule has 7 nitrogen and oxygen atoms in total. The van der Waals surface area contributed by atoms with E-state index in [9.17, 15) is 17.5 Å². The topological polar surface area (TPSA) is 99.1 Å². The summed E-state index contributed by atoms with van der Waals surface area (Å²) in [4.78, 5) is 0. The fourth-order valence-electron chi connectivity index (χ4n) is 1.33. The van der Waals surface area contributed by atoms with E-state index >= 15 is 0 Å². The van der Waals surface area contributed by atoms with Crippen molar-refractivity contribution in [3.63, 3.8) is 0 Å². The molecule has 0 N–H and O–H groups in total. The molecule has 22 heavy (non-hydrogen) atoms. The summed E-state index contributed by atoms with van der Waals surface area (Å²) in [6.07, 6.45) is 2.27. The average Bonchev–Trinajstić information content (AvgIpc) is 2.39. The molecule has 1 unspecified atom stereocenters. The summed E-state index contributed by atoms with van der Waals surface area (Å²) in [5.41, 5.74) is 0. The van der Waals surface area contributed by atoms with Gasteiger partial charge in [-0.15, -0.1) is 23.2 Å². The third-order valence-electron chi connectivity index (χ3n) is 2.16. The molecular weight excluding hydrogens is 405 g/mol. The van der Waals surface area contributed by atoms with E-state index in [1.54, 1.807) is 4.67 Å². The molecule has 1 aliphatic rings. The van der Waals surface area contributed by atoms with Crippen molar-refractivity contribution in [1.82, 2.24) is 4.67 Å². The quantitative estimate of drug-likeness (QED) is 0.144. The van der Waals surface area contributed by atoms with Crippen molar-refractivity contribution >= 4 is 59.8 Å². The molecule has 1 rings (SSSR count). The van der Waals surface area contributed by atoms with Crippen LogP contribution in [0.1, 0.15) is 6.42 Å². The van der Waals surface area contributed by atoms with Gasteiger partial charge in [-0.05, 0) is 6.42 Å².